The predicted octanol–water partition coefficient (Wildman–Crippen LogP) is 4.65. The van der Waals surface area contributed by atoms with Gasteiger partial charge < -0.3 is 24.0 Å². The molecule has 1 fully saturated rings. The van der Waals surface area contributed by atoms with Crippen LogP contribution in [-0.4, -0.2) is 59.3 Å². The molecular weight excluding hydrogens is 390 g/mol. The molecule has 28 heavy (non-hydrogen) atoms. The van der Waals surface area contributed by atoms with E-state index in [-0.39, 0.29) is 34.9 Å². The highest BCUT2D eigenvalue weighted by atomic mass is 28.4. The molecule has 1 amide bonds. The Bertz CT molecular complexity index is 526. The Labute approximate surface area is 174 Å². The number of alkyl carbamates (subject to hydrolysis) is 1. The highest BCUT2D eigenvalue weighted by Crippen LogP contribution is 2.39. The maximum atomic E-state index is 11.9. The molecule has 0 aromatic rings. The fraction of sp³-hybridized carbons (Fsp3) is 0.950. The first kappa shape index (κ1) is 25.6. The van der Waals surface area contributed by atoms with Gasteiger partial charge in [0.25, 0.3) is 0 Å². The van der Waals surface area contributed by atoms with E-state index < -0.39 is 22.7 Å². The van der Waals surface area contributed by atoms with Gasteiger partial charge in [-0.25, -0.2) is 4.79 Å². The molecule has 8 heteroatoms. The summed E-state index contributed by atoms with van der Waals surface area (Å²) >= 11 is 0. The minimum absolute atomic E-state index is 0.0541. The summed E-state index contributed by atoms with van der Waals surface area (Å²) in [5, 5.41) is 12.6. The Kier molecular flexibility index (Phi) is 8.38. The molecule has 1 heterocycles. The largest absolute Gasteiger partial charge is 0.444 e. The molecule has 0 bridgehead atoms. The van der Waals surface area contributed by atoms with Crippen molar-refractivity contribution in [2.24, 2.45) is 0 Å². The Balaban J connectivity index is 2.82. The van der Waals surface area contributed by atoms with Crippen molar-refractivity contribution < 1.29 is 23.5 Å². The molecule has 1 rings (SSSR count). The molecule has 1 aliphatic rings. The van der Waals surface area contributed by atoms with E-state index in [2.05, 4.69) is 73.0 Å². The van der Waals surface area contributed by atoms with E-state index >= 15 is 0 Å². The molecule has 0 saturated carbocycles. The number of carbonyl (C=O) groups is 1. The number of carbonyl (C=O) groups excluding carboxylic acids is 1. The molecule has 0 unspecified atom stereocenters. The molecule has 0 aliphatic carbocycles. The summed E-state index contributed by atoms with van der Waals surface area (Å²) in [6.45, 7) is 22.5. The normalized spacial score (nSPS) is 22.8. The van der Waals surface area contributed by atoms with Crippen LogP contribution in [-0.2, 0) is 13.6 Å². The quantitative estimate of drug-likeness (QED) is 0.518. The summed E-state index contributed by atoms with van der Waals surface area (Å²) in [7, 11) is -3.90. The van der Waals surface area contributed by atoms with Crippen molar-refractivity contribution in [3.05, 3.63) is 0 Å². The molecule has 1 aliphatic heterocycles. The third-order valence-corrected chi connectivity index (χ3v) is 15.7. The SMILES string of the molecule is CC(C)(C)[Si](C)(C)OC[C@@H]1NC(=O)O[C@H]1C[C@@H](CCO)O[Si](C)(C)C(C)(C)C. The van der Waals surface area contributed by atoms with Gasteiger partial charge in [0.05, 0.1) is 18.8 Å². The van der Waals surface area contributed by atoms with Crippen LogP contribution in [0, 0.1) is 0 Å². The fourth-order valence-corrected chi connectivity index (χ4v) is 5.03. The molecular formula is C20H43NO5Si2. The zero-order chi connectivity index (χ0) is 22.0. The van der Waals surface area contributed by atoms with E-state index in [4.69, 9.17) is 13.6 Å². The van der Waals surface area contributed by atoms with Gasteiger partial charge in [0.15, 0.2) is 16.6 Å². The van der Waals surface area contributed by atoms with Gasteiger partial charge in [-0.15, -0.1) is 0 Å². The average Bonchev–Trinajstić information content (AvgIpc) is 2.82. The van der Waals surface area contributed by atoms with Gasteiger partial charge in [0.1, 0.15) is 6.10 Å². The van der Waals surface area contributed by atoms with Gasteiger partial charge in [0, 0.05) is 13.0 Å². The Morgan fingerprint density at radius 3 is 2.07 bits per heavy atom. The number of hydrogen-bond donors (Lipinski definition) is 2. The summed E-state index contributed by atoms with van der Waals surface area (Å²) in [5.74, 6) is 0. The molecule has 3 atom stereocenters. The number of aliphatic hydroxyl groups excluding tert-OH is 1. The van der Waals surface area contributed by atoms with Crippen LogP contribution in [0.15, 0.2) is 0 Å². The lowest BCUT2D eigenvalue weighted by atomic mass is 10.0. The third-order valence-electron chi connectivity index (χ3n) is 6.65. The van der Waals surface area contributed by atoms with Gasteiger partial charge in [-0.2, -0.15) is 0 Å². The first-order valence-corrected chi connectivity index (χ1v) is 16.2. The lowest BCUT2D eigenvalue weighted by Gasteiger charge is -2.40. The van der Waals surface area contributed by atoms with Crippen molar-refractivity contribution in [1.82, 2.24) is 5.32 Å². The zero-order valence-electron chi connectivity index (χ0n) is 19.6. The van der Waals surface area contributed by atoms with Crippen molar-refractivity contribution in [2.45, 2.75) is 109 Å². The van der Waals surface area contributed by atoms with E-state index in [1.165, 1.54) is 0 Å². The third kappa shape index (κ3) is 6.83. The minimum atomic E-state index is -1.99. The highest BCUT2D eigenvalue weighted by molar-refractivity contribution is 6.74. The minimum Gasteiger partial charge on any atom is -0.444 e. The molecule has 1 saturated heterocycles. The van der Waals surface area contributed by atoms with E-state index in [1.807, 2.05) is 0 Å². The summed E-state index contributed by atoms with van der Waals surface area (Å²) in [4.78, 5) is 11.9. The monoisotopic (exact) mass is 433 g/mol. The van der Waals surface area contributed by atoms with Crippen LogP contribution in [0.25, 0.3) is 0 Å². The van der Waals surface area contributed by atoms with Gasteiger partial charge in [-0.05, 0) is 42.7 Å². The Morgan fingerprint density at radius 2 is 1.61 bits per heavy atom. The van der Waals surface area contributed by atoms with Crippen LogP contribution in [0.5, 0.6) is 0 Å². The average molecular weight is 434 g/mol. The second kappa shape index (κ2) is 9.16. The predicted molar refractivity (Wildman–Crippen MR) is 119 cm³/mol. The van der Waals surface area contributed by atoms with Crippen LogP contribution in [0.4, 0.5) is 4.79 Å². The number of cyclic esters (lactones) is 1. The second-order valence-corrected chi connectivity index (χ2v) is 20.6. The van der Waals surface area contributed by atoms with Gasteiger partial charge in [-0.1, -0.05) is 41.5 Å². The number of ether oxygens (including phenoxy) is 1. The lowest BCUT2D eigenvalue weighted by Crippen LogP contribution is -2.48. The van der Waals surface area contributed by atoms with Crippen LogP contribution in [0.2, 0.25) is 36.3 Å². The van der Waals surface area contributed by atoms with E-state index in [0.717, 1.165) is 0 Å². The van der Waals surface area contributed by atoms with Crippen LogP contribution in [0.3, 0.4) is 0 Å². The molecule has 166 valence electrons. The number of nitrogens with one attached hydrogen (secondary N) is 1. The zero-order valence-corrected chi connectivity index (χ0v) is 21.6. The molecule has 0 aromatic carbocycles. The van der Waals surface area contributed by atoms with Crippen molar-refractivity contribution >= 4 is 22.7 Å². The Hall–Kier alpha value is -0.416. The summed E-state index contributed by atoms with van der Waals surface area (Å²) in [6.07, 6.45) is 0.259. The first-order chi connectivity index (χ1) is 12.5. The second-order valence-electron chi connectivity index (χ2n) is 11.0. The van der Waals surface area contributed by atoms with E-state index in [1.54, 1.807) is 0 Å². The van der Waals surface area contributed by atoms with Crippen molar-refractivity contribution in [3.8, 4) is 0 Å². The van der Waals surface area contributed by atoms with Crippen molar-refractivity contribution in [3.63, 3.8) is 0 Å². The maximum absolute atomic E-state index is 11.9. The lowest BCUT2D eigenvalue weighted by molar-refractivity contribution is 0.0585. The van der Waals surface area contributed by atoms with Crippen molar-refractivity contribution in [2.75, 3.05) is 13.2 Å². The van der Waals surface area contributed by atoms with Gasteiger partial charge in [0.2, 0.25) is 0 Å². The Morgan fingerprint density at radius 1 is 1.07 bits per heavy atom. The van der Waals surface area contributed by atoms with Crippen LogP contribution in [0.1, 0.15) is 54.4 Å². The topological polar surface area (TPSA) is 77.0 Å². The van der Waals surface area contributed by atoms with E-state index in [0.29, 0.717) is 19.4 Å². The number of amides is 1. The van der Waals surface area contributed by atoms with Crippen LogP contribution < -0.4 is 5.32 Å². The molecule has 2 N–H and O–H groups in total. The van der Waals surface area contributed by atoms with Crippen LogP contribution >= 0.6 is 0 Å². The fourth-order valence-electron chi connectivity index (χ4n) is 2.60. The van der Waals surface area contributed by atoms with Gasteiger partial charge >= 0.3 is 6.09 Å². The van der Waals surface area contributed by atoms with Gasteiger partial charge in [-0.3, -0.25) is 0 Å². The number of rotatable bonds is 9. The molecule has 0 radical (unpaired) electrons. The summed E-state index contributed by atoms with van der Waals surface area (Å²) in [6, 6.07) is -0.189. The first-order valence-electron chi connectivity index (χ1n) is 10.4. The molecule has 0 spiro atoms. The highest BCUT2D eigenvalue weighted by Gasteiger charge is 2.43. The summed E-state index contributed by atoms with van der Waals surface area (Å²) in [5.41, 5.74) is 0. The maximum Gasteiger partial charge on any atom is 0.407 e. The number of aliphatic hydroxyl groups is 1. The van der Waals surface area contributed by atoms with Crippen molar-refractivity contribution in [1.29, 1.82) is 0 Å². The molecule has 6 nitrogen and oxygen atoms in total. The summed E-state index contributed by atoms with van der Waals surface area (Å²) < 4.78 is 18.4. The molecule has 0 aromatic heterocycles. The van der Waals surface area contributed by atoms with E-state index in [9.17, 15) is 9.90 Å². The smallest absolute Gasteiger partial charge is 0.407 e. The number of hydrogen-bond acceptors (Lipinski definition) is 5. The standard InChI is InChI=1S/C20H43NO5Si2/c1-19(2,3)27(7,8)24-14-16-17(25-18(23)21-16)13-15(11-12-22)26-28(9,10)20(4,5)6/h15-17,22H,11-14H2,1-10H3,(H,21,23)/t15-,16+,17+/m1/s1.